The van der Waals surface area contributed by atoms with Crippen molar-refractivity contribution in [3.63, 3.8) is 0 Å². The summed E-state index contributed by atoms with van der Waals surface area (Å²) in [6.45, 7) is 2.11. The molecular weight excluding hydrogens is 269 g/mol. The molecule has 3 rings (SSSR count). The lowest BCUT2D eigenvalue weighted by Crippen LogP contribution is -2.09. The molecule has 0 atom stereocenters. The van der Waals surface area contributed by atoms with Crippen LogP contribution < -0.4 is 0 Å². The Balaban J connectivity index is 2.04. The summed E-state index contributed by atoms with van der Waals surface area (Å²) in [4.78, 5) is 16.5. The zero-order chi connectivity index (χ0) is 14.8. The summed E-state index contributed by atoms with van der Waals surface area (Å²) in [5, 5.41) is 0. The lowest BCUT2D eigenvalue weighted by molar-refractivity contribution is 0.0524. The van der Waals surface area contributed by atoms with Crippen molar-refractivity contribution >= 4 is 5.97 Å². The first-order valence-corrected chi connectivity index (χ1v) is 7.13. The second-order valence-electron chi connectivity index (χ2n) is 5.10. The van der Waals surface area contributed by atoms with Crippen LogP contribution in [0.4, 0.5) is 4.39 Å². The summed E-state index contributed by atoms with van der Waals surface area (Å²) in [5.74, 6) is -0.376. The minimum Gasteiger partial charge on any atom is -0.462 e. The zero-order valence-electron chi connectivity index (χ0n) is 11.8. The Kier molecular flexibility index (Phi) is 3.69. The summed E-state index contributed by atoms with van der Waals surface area (Å²) in [6, 6.07) is 9.90. The van der Waals surface area contributed by atoms with E-state index in [9.17, 15) is 9.18 Å². The van der Waals surface area contributed by atoms with Crippen molar-refractivity contribution in [2.45, 2.75) is 25.7 Å². The molecule has 1 fully saturated rings. The number of nitrogens with zero attached hydrogens (tertiary/aromatic N) is 1. The van der Waals surface area contributed by atoms with Gasteiger partial charge in [-0.15, -0.1) is 0 Å². The van der Waals surface area contributed by atoms with Gasteiger partial charge in [-0.1, -0.05) is 12.1 Å². The highest BCUT2D eigenvalue weighted by molar-refractivity contribution is 5.91. The molecule has 3 nitrogen and oxygen atoms in total. The molecule has 1 aliphatic carbocycles. The number of hydrogen-bond acceptors (Lipinski definition) is 3. The second kappa shape index (κ2) is 5.64. The first-order chi connectivity index (χ1) is 10.2. The number of aromatic nitrogens is 1. The molecule has 0 aliphatic heterocycles. The normalized spacial score (nSPS) is 14.0. The second-order valence-corrected chi connectivity index (χ2v) is 5.10. The molecule has 108 valence electrons. The van der Waals surface area contributed by atoms with Gasteiger partial charge < -0.3 is 4.74 Å². The van der Waals surface area contributed by atoms with Gasteiger partial charge in [0.15, 0.2) is 0 Å². The van der Waals surface area contributed by atoms with Crippen molar-refractivity contribution in [1.29, 1.82) is 0 Å². The fourth-order valence-corrected chi connectivity index (χ4v) is 2.34. The van der Waals surface area contributed by atoms with E-state index in [1.807, 2.05) is 0 Å². The number of carbonyl (C=O) groups excluding carboxylic acids is 1. The van der Waals surface area contributed by atoms with Crippen molar-refractivity contribution in [3.8, 4) is 11.3 Å². The van der Waals surface area contributed by atoms with Crippen LogP contribution in [0.15, 0.2) is 36.4 Å². The van der Waals surface area contributed by atoms with E-state index in [1.54, 1.807) is 37.3 Å². The fraction of sp³-hybridized carbons (Fsp3) is 0.294. The maximum absolute atomic E-state index is 13.9. The van der Waals surface area contributed by atoms with Gasteiger partial charge in [-0.2, -0.15) is 0 Å². The average Bonchev–Trinajstić information content (AvgIpc) is 3.32. The summed E-state index contributed by atoms with van der Waals surface area (Å²) in [7, 11) is 0. The number of benzene rings is 1. The van der Waals surface area contributed by atoms with Crippen molar-refractivity contribution in [2.75, 3.05) is 6.61 Å². The molecule has 0 spiro atoms. The average molecular weight is 285 g/mol. The molecule has 1 heterocycles. The van der Waals surface area contributed by atoms with Crippen LogP contribution >= 0.6 is 0 Å². The Morgan fingerprint density at radius 3 is 2.71 bits per heavy atom. The minimum atomic E-state index is -0.355. The molecule has 0 N–H and O–H groups in total. The van der Waals surface area contributed by atoms with E-state index >= 15 is 0 Å². The molecule has 1 aromatic heterocycles. The first kappa shape index (κ1) is 13.7. The molecule has 0 amide bonds. The Bertz CT molecular complexity index is 680. The van der Waals surface area contributed by atoms with Gasteiger partial charge in [0.1, 0.15) is 5.82 Å². The Morgan fingerprint density at radius 1 is 1.29 bits per heavy atom. The van der Waals surface area contributed by atoms with Gasteiger partial charge in [-0.25, -0.2) is 9.18 Å². The predicted molar refractivity (Wildman–Crippen MR) is 77.6 cm³/mol. The molecule has 1 aliphatic rings. The van der Waals surface area contributed by atoms with E-state index in [0.29, 0.717) is 23.4 Å². The number of carbonyl (C=O) groups is 1. The maximum atomic E-state index is 13.9. The van der Waals surface area contributed by atoms with Gasteiger partial charge in [0.2, 0.25) is 0 Å². The van der Waals surface area contributed by atoms with E-state index in [4.69, 9.17) is 4.74 Å². The maximum Gasteiger partial charge on any atom is 0.339 e. The third kappa shape index (κ3) is 2.79. The van der Waals surface area contributed by atoms with Crippen LogP contribution in [0, 0.1) is 5.82 Å². The fourth-order valence-electron chi connectivity index (χ4n) is 2.34. The SMILES string of the molecule is CCOC(=O)c1ccc(-c2ccccc2F)nc1C1CC1. The van der Waals surface area contributed by atoms with Crippen molar-refractivity contribution in [3.05, 3.63) is 53.5 Å². The zero-order valence-corrected chi connectivity index (χ0v) is 11.8. The smallest absolute Gasteiger partial charge is 0.339 e. The number of halogens is 1. The monoisotopic (exact) mass is 285 g/mol. The highest BCUT2D eigenvalue weighted by Crippen LogP contribution is 2.41. The van der Waals surface area contributed by atoms with Gasteiger partial charge in [-0.05, 0) is 44.0 Å². The summed E-state index contributed by atoms with van der Waals surface area (Å²) < 4.78 is 18.9. The molecule has 1 aromatic carbocycles. The molecule has 0 radical (unpaired) electrons. The highest BCUT2D eigenvalue weighted by Gasteiger charge is 2.30. The van der Waals surface area contributed by atoms with Gasteiger partial charge in [0.05, 0.1) is 23.6 Å². The quantitative estimate of drug-likeness (QED) is 0.799. The topological polar surface area (TPSA) is 39.2 Å². The largest absolute Gasteiger partial charge is 0.462 e. The Hall–Kier alpha value is -2.23. The number of ether oxygens (including phenoxy) is 1. The molecule has 0 bridgehead atoms. The van der Waals surface area contributed by atoms with Gasteiger partial charge in [-0.3, -0.25) is 4.98 Å². The van der Waals surface area contributed by atoms with Gasteiger partial charge in [0.25, 0.3) is 0 Å². The van der Waals surface area contributed by atoms with Crippen molar-refractivity contribution in [1.82, 2.24) is 4.98 Å². The van der Waals surface area contributed by atoms with Crippen LogP contribution in [0.25, 0.3) is 11.3 Å². The van der Waals surface area contributed by atoms with E-state index in [2.05, 4.69) is 4.98 Å². The minimum absolute atomic E-state index is 0.288. The Labute approximate surface area is 122 Å². The highest BCUT2D eigenvalue weighted by atomic mass is 19.1. The van der Waals surface area contributed by atoms with Crippen LogP contribution in [0.2, 0.25) is 0 Å². The molecular formula is C17H16FNO2. The number of hydrogen-bond donors (Lipinski definition) is 0. The molecule has 4 heteroatoms. The number of esters is 1. The van der Waals surface area contributed by atoms with E-state index < -0.39 is 0 Å². The third-order valence-corrected chi connectivity index (χ3v) is 3.53. The molecule has 0 unspecified atom stereocenters. The summed E-state index contributed by atoms with van der Waals surface area (Å²) in [5.41, 5.74) is 2.24. The van der Waals surface area contributed by atoms with Crippen LogP contribution in [-0.2, 0) is 4.74 Å². The molecule has 21 heavy (non-hydrogen) atoms. The molecule has 0 saturated heterocycles. The first-order valence-electron chi connectivity index (χ1n) is 7.13. The lowest BCUT2D eigenvalue weighted by atomic mass is 10.1. The summed E-state index contributed by atoms with van der Waals surface area (Å²) >= 11 is 0. The third-order valence-electron chi connectivity index (χ3n) is 3.53. The van der Waals surface area contributed by atoms with Crippen LogP contribution in [-0.4, -0.2) is 17.6 Å². The van der Waals surface area contributed by atoms with Gasteiger partial charge in [0, 0.05) is 11.5 Å². The van der Waals surface area contributed by atoms with Crippen molar-refractivity contribution < 1.29 is 13.9 Å². The van der Waals surface area contributed by atoms with Gasteiger partial charge >= 0.3 is 5.97 Å². The lowest BCUT2D eigenvalue weighted by Gasteiger charge is -2.10. The van der Waals surface area contributed by atoms with E-state index in [-0.39, 0.29) is 17.7 Å². The Morgan fingerprint density at radius 2 is 2.05 bits per heavy atom. The molecule has 1 saturated carbocycles. The standard InChI is InChI=1S/C17H16FNO2/c1-2-21-17(20)13-9-10-15(19-16(13)11-7-8-11)12-5-3-4-6-14(12)18/h3-6,9-11H,2,7-8H2,1H3. The van der Waals surface area contributed by atoms with Crippen molar-refractivity contribution in [2.24, 2.45) is 0 Å². The van der Waals surface area contributed by atoms with Crippen LogP contribution in [0.5, 0.6) is 0 Å². The van der Waals surface area contributed by atoms with E-state index in [0.717, 1.165) is 18.5 Å². The number of rotatable bonds is 4. The van der Waals surface area contributed by atoms with E-state index in [1.165, 1.54) is 6.07 Å². The van der Waals surface area contributed by atoms with Crippen LogP contribution in [0.1, 0.15) is 41.7 Å². The number of pyridine rings is 1. The van der Waals surface area contributed by atoms with Crippen LogP contribution in [0.3, 0.4) is 0 Å². The predicted octanol–water partition coefficient (Wildman–Crippen LogP) is 3.94. The molecule has 2 aromatic rings. The summed E-state index contributed by atoms with van der Waals surface area (Å²) in [6.07, 6.45) is 2.03.